The molecule has 1 saturated carbocycles. The molecule has 15 atom stereocenters. The van der Waals surface area contributed by atoms with Crippen molar-refractivity contribution in [3.05, 3.63) is 29.3 Å². The molecule has 2 aliphatic carbocycles. The van der Waals surface area contributed by atoms with Crippen LogP contribution in [0.25, 0.3) is 0 Å². The number of aliphatic hydroxyl groups excluding tert-OH is 8. The van der Waals surface area contributed by atoms with Crippen LogP contribution < -0.4 is 10.1 Å². The maximum Gasteiger partial charge on any atom is 0.346 e. The van der Waals surface area contributed by atoms with E-state index >= 15 is 0 Å². The number of carbonyl (C=O) groups excluding carboxylic acids is 2. The van der Waals surface area contributed by atoms with Gasteiger partial charge in [-0.1, -0.05) is 38.3 Å². The number of carbonyl (C=O) groups is 2. The molecule has 3 fully saturated rings. The van der Waals surface area contributed by atoms with Crippen molar-refractivity contribution in [2.45, 2.75) is 145 Å². The summed E-state index contributed by atoms with van der Waals surface area (Å²) in [4.78, 5) is 24.6. The zero-order valence-electron chi connectivity index (χ0n) is 30.3. The van der Waals surface area contributed by atoms with Gasteiger partial charge in [-0.2, -0.15) is 0 Å². The maximum atomic E-state index is 12.9. The third kappa shape index (κ3) is 9.86. The van der Waals surface area contributed by atoms with E-state index in [0.29, 0.717) is 44.3 Å². The Morgan fingerprint density at radius 1 is 0.887 bits per heavy atom. The van der Waals surface area contributed by atoms with E-state index in [4.69, 9.17) is 23.7 Å². The highest BCUT2D eigenvalue weighted by Gasteiger charge is 2.48. The van der Waals surface area contributed by atoms with Crippen molar-refractivity contribution in [1.29, 1.82) is 0 Å². The minimum Gasteiger partial charge on any atom is -0.482 e. The Morgan fingerprint density at radius 2 is 1.58 bits per heavy atom. The predicted molar refractivity (Wildman–Crippen MR) is 184 cm³/mol. The normalized spacial score (nSPS) is 37.3. The lowest BCUT2D eigenvalue weighted by molar-refractivity contribution is -0.312. The Morgan fingerprint density at radius 3 is 2.26 bits per heavy atom. The fraction of sp³-hybridized carbons (Fsp3) is 0.784. The first-order valence-electron chi connectivity index (χ1n) is 18.8. The topological polar surface area (TPSA) is 254 Å². The van der Waals surface area contributed by atoms with E-state index in [1.54, 1.807) is 6.07 Å². The van der Waals surface area contributed by atoms with Crippen LogP contribution in [0.5, 0.6) is 5.75 Å². The molecule has 2 heterocycles. The van der Waals surface area contributed by atoms with Gasteiger partial charge in [0.2, 0.25) is 12.2 Å². The largest absolute Gasteiger partial charge is 0.482 e. The molecule has 1 aromatic carbocycles. The molecule has 2 saturated heterocycles. The molecule has 1 unspecified atom stereocenters. The predicted octanol–water partition coefficient (Wildman–Crippen LogP) is -1.19. The Balaban J connectivity index is 1.20. The molecular formula is C37H57NO15. The maximum absolute atomic E-state index is 12.9. The van der Waals surface area contributed by atoms with Crippen LogP contribution in [0.1, 0.15) is 69.9 Å². The summed E-state index contributed by atoms with van der Waals surface area (Å²) < 4.78 is 28.6. The van der Waals surface area contributed by atoms with Crippen molar-refractivity contribution in [3.63, 3.8) is 0 Å². The van der Waals surface area contributed by atoms with E-state index in [1.807, 2.05) is 12.1 Å². The Hall–Kier alpha value is -2.48. The van der Waals surface area contributed by atoms with Gasteiger partial charge in [-0.25, -0.2) is 4.79 Å². The standard InChI is InChI=1S/C37H57NO15/c1-3-4-5-8-21(50-37-35(48)34(47)32(45)28(16-40)52-37)10-11-22-23-12-19-7-6-9-26(24(19)13-20(23)14-25(22)42)49-17-29(43)53-36-30(38-18(2)41)33(46)31(44)27(15-39)51-36/h6-7,9,20-23,25,27-28,30-37,39-40,42,44-48H,3-5,8,10-17H2,1-2H3,(H,38,41)/t20-,21-,22+,23-,25+,27-,28-,30-,31-,32+,33-,34+,35-,36?,37-/m1/s1. The molecule has 1 amide bonds. The van der Waals surface area contributed by atoms with E-state index < -0.39 is 99.2 Å². The highest BCUT2D eigenvalue weighted by atomic mass is 16.7. The SMILES string of the molecule is CCCCC[C@H](CC[C@H]1[C@@H]2Cc3cccc(OCC(=O)OC4O[C@H](CO)[C@@H](O)[C@H](O)[C@H]4NC(C)=O)c3C[C@@H]2C[C@@H]1O)O[C@@H]1O[C@H](CO)[C@H](O)[C@H](O)[C@H]1O. The molecule has 0 bridgehead atoms. The quantitative estimate of drug-likeness (QED) is 0.0711. The minimum atomic E-state index is -1.56. The molecular weight excluding hydrogens is 698 g/mol. The summed E-state index contributed by atoms with van der Waals surface area (Å²) in [6.45, 7) is 1.58. The van der Waals surface area contributed by atoms with Gasteiger partial charge in [0.1, 0.15) is 54.5 Å². The number of amides is 1. The van der Waals surface area contributed by atoms with Crippen LogP contribution in [-0.2, 0) is 41.4 Å². The first-order valence-corrected chi connectivity index (χ1v) is 18.8. The van der Waals surface area contributed by atoms with Crippen molar-refractivity contribution in [2.24, 2.45) is 17.8 Å². The summed E-state index contributed by atoms with van der Waals surface area (Å²) in [5, 5.41) is 84.7. The number of esters is 1. The third-order valence-electron chi connectivity index (χ3n) is 11.3. The van der Waals surface area contributed by atoms with Crippen LogP contribution in [0.2, 0.25) is 0 Å². The summed E-state index contributed by atoms with van der Waals surface area (Å²) in [7, 11) is 0. The number of hydrogen-bond acceptors (Lipinski definition) is 15. The van der Waals surface area contributed by atoms with Gasteiger partial charge in [0, 0.05) is 6.92 Å². The van der Waals surface area contributed by atoms with Gasteiger partial charge < -0.3 is 69.9 Å². The van der Waals surface area contributed by atoms with Gasteiger partial charge in [0.15, 0.2) is 12.9 Å². The Labute approximate surface area is 309 Å². The van der Waals surface area contributed by atoms with E-state index in [1.165, 1.54) is 6.92 Å². The fourth-order valence-electron chi connectivity index (χ4n) is 8.46. The lowest BCUT2D eigenvalue weighted by Gasteiger charge is -2.41. The van der Waals surface area contributed by atoms with E-state index in [0.717, 1.165) is 30.4 Å². The number of hydrogen-bond donors (Lipinski definition) is 9. The highest BCUT2D eigenvalue weighted by molar-refractivity contribution is 5.74. The summed E-state index contributed by atoms with van der Waals surface area (Å²) in [6, 6.07) is 4.32. The van der Waals surface area contributed by atoms with Gasteiger partial charge in [0.25, 0.3) is 0 Å². The molecule has 0 radical (unpaired) electrons. The van der Waals surface area contributed by atoms with E-state index in [2.05, 4.69) is 12.2 Å². The highest BCUT2D eigenvalue weighted by Crippen LogP contribution is 2.48. The van der Waals surface area contributed by atoms with Crippen LogP contribution in [0.3, 0.4) is 0 Å². The second-order valence-corrected chi connectivity index (χ2v) is 14.9. The summed E-state index contributed by atoms with van der Waals surface area (Å²) in [6.07, 6.45) is -6.83. The van der Waals surface area contributed by atoms with Crippen molar-refractivity contribution in [2.75, 3.05) is 19.8 Å². The number of aliphatic hydroxyl groups is 8. The fourth-order valence-corrected chi connectivity index (χ4v) is 8.46. The zero-order chi connectivity index (χ0) is 38.4. The van der Waals surface area contributed by atoms with Crippen LogP contribution in [0.15, 0.2) is 18.2 Å². The number of nitrogens with one attached hydrogen (secondary N) is 1. The van der Waals surface area contributed by atoms with Gasteiger partial charge in [0.05, 0.1) is 25.4 Å². The molecule has 16 nitrogen and oxygen atoms in total. The molecule has 5 rings (SSSR count). The first kappa shape index (κ1) is 41.7. The minimum absolute atomic E-state index is 0.0246. The molecule has 1 aromatic rings. The number of rotatable bonds is 16. The van der Waals surface area contributed by atoms with Gasteiger partial charge in [-0.3, -0.25) is 4.79 Å². The molecule has 2 aliphatic heterocycles. The van der Waals surface area contributed by atoms with Crippen LogP contribution in [-0.4, -0.2) is 146 Å². The lowest BCUT2D eigenvalue weighted by atomic mass is 9.73. The second-order valence-electron chi connectivity index (χ2n) is 14.9. The number of unbranched alkanes of at least 4 members (excludes halogenated alkanes) is 2. The molecule has 53 heavy (non-hydrogen) atoms. The second kappa shape index (κ2) is 18.9. The number of fused-ring (bicyclic) bond motifs is 2. The molecule has 0 aromatic heterocycles. The average molecular weight is 756 g/mol. The van der Waals surface area contributed by atoms with Gasteiger partial charge in [-0.05, 0) is 73.5 Å². The number of ether oxygens (including phenoxy) is 5. The Bertz CT molecular complexity index is 1350. The third-order valence-corrected chi connectivity index (χ3v) is 11.3. The van der Waals surface area contributed by atoms with Gasteiger partial charge >= 0.3 is 5.97 Å². The lowest BCUT2D eigenvalue weighted by Crippen LogP contribution is -2.64. The first-order chi connectivity index (χ1) is 25.4. The van der Waals surface area contributed by atoms with E-state index in [9.17, 15) is 50.4 Å². The zero-order valence-corrected chi connectivity index (χ0v) is 30.3. The smallest absolute Gasteiger partial charge is 0.346 e. The van der Waals surface area contributed by atoms with Crippen LogP contribution in [0, 0.1) is 17.8 Å². The monoisotopic (exact) mass is 755 g/mol. The van der Waals surface area contributed by atoms with Crippen molar-refractivity contribution in [3.8, 4) is 5.75 Å². The molecule has 300 valence electrons. The van der Waals surface area contributed by atoms with Gasteiger partial charge in [-0.15, -0.1) is 0 Å². The summed E-state index contributed by atoms with van der Waals surface area (Å²) in [5.74, 6) is -0.605. The molecule has 9 N–H and O–H groups in total. The van der Waals surface area contributed by atoms with Crippen molar-refractivity contribution in [1.82, 2.24) is 5.32 Å². The van der Waals surface area contributed by atoms with Crippen molar-refractivity contribution >= 4 is 11.9 Å². The Kier molecular flexibility index (Phi) is 14.9. The molecule has 16 heteroatoms. The summed E-state index contributed by atoms with van der Waals surface area (Å²) >= 11 is 0. The van der Waals surface area contributed by atoms with Crippen LogP contribution in [0.4, 0.5) is 0 Å². The summed E-state index contributed by atoms with van der Waals surface area (Å²) in [5.41, 5.74) is 1.97. The van der Waals surface area contributed by atoms with Crippen LogP contribution >= 0.6 is 0 Å². The average Bonchev–Trinajstić information content (AvgIpc) is 3.44. The van der Waals surface area contributed by atoms with Crippen molar-refractivity contribution < 1.29 is 74.1 Å². The molecule has 4 aliphatic rings. The van der Waals surface area contributed by atoms with E-state index in [-0.39, 0.29) is 23.9 Å². The number of benzene rings is 1. The molecule has 0 spiro atoms.